The van der Waals surface area contributed by atoms with Crippen LogP contribution in [0.1, 0.15) is 42.7 Å². The molecule has 1 aromatic rings. The van der Waals surface area contributed by atoms with Crippen LogP contribution in [0.25, 0.3) is 0 Å². The maximum atomic E-state index is 12.2. The average molecular weight is 319 g/mol. The van der Waals surface area contributed by atoms with Gasteiger partial charge in [0.15, 0.2) is 5.76 Å². The number of amides is 3. The van der Waals surface area contributed by atoms with Crippen LogP contribution >= 0.6 is 0 Å². The molecule has 1 N–H and O–H groups in total. The van der Waals surface area contributed by atoms with E-state index >= 15 is 0 Å². The number of furan rings is 1. The van der Waals surface area contributed by atoms with Crippen molar-refractivity contribution in [3.8, 4) is 0 Å². The first-order valence-electron chi connectivity index (χ1n) is 8.59. The Morgan fingerprint density at radius 1 is 1.09 bits per heavy atom. The Kier molecular flexibility index (Phi) is 5.20. The van der Waals surface area contributed by atoms with Crippen molar-refractivity contribution in [2.75, 3.05) is 32.7 Å². The van der Waals surface area contributed by atoms with Gasteiger partial charge in [-0.1, -0.05) is 19.3 Å². The summed E-state index contributed by atoms with van der Waals surface area (Å²) in [5.74, 6) is 0.895. The number of nitrogens with one attached hydrogen (secondary N) is 1. The molecule has 6 nitrogen and oxygen atoms in total. The standard InChI is InChI=1S/C17H25N3O3/c21-16(15-7-4-12-23-15)19-8-10-20(11-9-19)17(22)18-13-14-5-2-1-3-6-14/h4,7,12,14H,1-3,5-6,8-11,13H2,(H,18,22). The van der Waals surface area contributed by atoms with Crippen LogP contribution in [-0.2, 0) is 0 Å². The highest BCUT2D eigenvalue weighted by Crippen LogP contribution is 2.22. The van der Waals surface area contributed by atoms with Crippen molar-refractivity contribution in [2.24, 2.45) is 5.92 Å². The van der Waals surface area contributed by atoms with Gasteiger partial charge in [0.05, 0.1) is 6.26 Å². The lowest BCUT2D eigenvalue weighted by Gasteiger charge is -2.34. The molecule has 23 heavy (non-hydrogen) atoms. The fourth-order valence-corrected chi connectivity index (χ4v) is 3.40. The maximum absolute atomic E-state index is 12.2. The van der Waals surface area contributed by atoms with E-state index in [1.807, 2.05) is 0 Å². The van der Waals surface area contributed by atoms with Gasteiger partial charge in [0.25, 0.3) is 5.91 Å². The predicted octanol–water partition coefficient (Wildman–Crippen LogP) is 2.33. The van der Waals surface area contributed by atoms with Gasteiger partial charge in [-0.15, -0.1) is 0 Å². The van der Waals surface area contributed by atoms with E-state index in [1.54, 1.807) is 21.9 Å². The summed E-state index contributed by atoms with van der Waals surface area (Å²) in [6, 6.07) is 3.38. The molecule has 0 radical (unpaired) electrons. The molecule has 2 heterocycles. The summed E-state index contributed by atoms with van der Waals surface area (Å²) in [5.41, 5.74) is 0. The number of carbonyl (C=O) groups is 2. The minimum atomic E-state index is -0.0998. The van der Waals surface area contributed by atoms with Crippen LogP contribution in [0.15, 0.2) is 22.8 Å². The number of rotatable bonds is 3. The largest absolute Gasteiger partial charge is 0.459 e. The van der Waals surface area contributed by atoms with E-state index in [4.69, 9.17) is 4.42 Å². The van der Waals surface area contributed by atoms with Gasteiger partial charge in [-0.05, 0) is 30.9 Å². The molecule has 0 unspecified atom stereocenters. The predicted molar refractivity (Wildman–Crippen MR) is 86.2 cm³/mol. The molecular formula is C17H25N3O3. The van der Waals surface area contributed by atoms with Gasteiger partial charge in [0.1, 0.15) is 0 Å². The monoisotopic (exact) mass is 319 g/mol. The zero-order valence-corrected chi connectivity index (χ0v) is 13.5. The molecule has 1 aromatic heterocycles. The second-order valence-electron chi connectivity index (χ2n) is 6.45. The summed E-state index contributed by atoms with van der Waals surface area (Å²) >= 11 is 0. The second kappa shape index (κ2) is 7.53. The number of piperazine rings is 1. The minimum Gasteiger partial charge on any atom is -0.459 e. The Bertz CT molecular complexity index is 515. The van der Waals surface area contributed by atoms with Crippen LogP contribution in [0.5, 0.6) is 0 Å². The summed E-state index contributed by atoms with van der Waals surface area (Å²) in [5, 5.41) is 3.06. The van der Waals surface area contributed by atoms with Crippen LogP contribution in [0.3, 0.4) is 0 Å². The van der Waals surface area contributed by atoms with Crippen LogP contribution in [0, 0.1) is 5.92 Å². The molecule has 0 bridgehead atoms. The Morgan fingerprint density at radius 3 is 2.43 bits per heavy atom. The molecule has 0 atom stereocenters. The van der Waals surface area contributed by atoms with Crippen LogP contribution in [-0.4, -0.2) is 54.5 Å². The highest BCUT2D eigenvalue weighted by molar-refractivity contribution is 5.91. The summed E-state index contributed by atoms with van der Waals surface area (Å²) in [6.45, 7) is 3.03. The first kappa shape index (κ1) is 15.9. The van der Waals surface area contributed by atoms with Crippen LogP contribution in [0.4, 0.5) is 4.79 Å². The fraction of sp³-hybridized carbons (Fsp3) is 0.647. The van der Waals surface area contributed by atoms with Crippen LogP contribution in [0.2, 0.25) is 0 Å². The number of hydrogen-bond acceptors (Lipinski definition) is 3. The average Bonchev–Trinajstić information content (AvgIpc) is 3.15. The highest BCUT2D eigenvalue weighted by atomic mass is 16.3. The normalized spacial score (nSPS) is 19.7. The van der Waals surface area contributed by atoms with E-state index in [0.29, 0.717) is 37.9 Å². The Labute approximate surface area is 136 Å². The van der Waals surface area contributed by atoms with E-state index in [2.05, 4.69) is 5.32 Å². The third kappa shape index (κ3) is 4.06. The smallest absolute Gasteiger partial charge is 0.317 e. The van der Waals surface area contributed by atoms with Crippen molar-refractivity contribution in [1.29, 1.82) is 0 Å². The van der Waals surface area contributed by atoms with E-state index < -0.39 is 0 Å². The van der Waals surface area contributed by atoms with Crippen molar-refractivity contribution in [2.45, 2.75) is 32.1 Å². The molecule has 0 aromatic carbocycles. The van der Waals surface area contributed by atoms with Crippen molar-refractivity contribution in [1.82, 2.24) is 15.1 Å². The number of nitrogens with zero attached hydrogens (tertiary/aromatic N) is 2. The molecule has 1 aliphatic heterocycles. The SMILES string of the molecule is O=C(NCC1CCCCC1)N1CCN(C(=O)c2ccco2)CC1. The fourth-order valence-electron chi connectivity index (χ4n) is 3.40. The van der Waals surface area contributed by atoms with Gasteiger partial charge in [-0.2, -0.15) is 0 Å². The third-order valence-corrected chi connectivity index (χ3v) is 4.85. The van der Waals surface area contributed by atoms with Crippen molar-refractivity contribution >= 4 is 11.9 Å². The topological polar surface area (TPSA) is 65.8 Å². The van der Waals surface area contributed by atoms with E-state index in [9.17, 15) is 9.59 Å². The first-order chi connectivity index (χ1) is 11.2. The number of carbonyl (C=O) groups excluding carboxylic acids is 2. The molecule has 3 amide bonds. The van der Waals surface area contributed by atoms with Crippen LogP contribution < -0.4 is 5.32 Å². The molecule has 0 spiro atoms. The van der Waals surface area contributed by atoms with Gasteiger partial charge in [-0.3, -0.25) is 4.79 Å². The molecule has 2 aliphatic rings. The van der Waals surface area contributed by atoms with Gasteiger partial charge in [0.2, 0.25) is 0 Å². The number of urea groups is 1. The lowest BCUT2D eigenvalue weighted by molar-refractivity contribution is 0.0633. The Hall–Kier alpha value is -1.98. The Balaban J connectivity index is 1.41. The summed E-state index contributed by atoms with van der Waals surface area (Å²) in [6.07, 6.45) is 7.86. The summed E-state index contributed by atoms with van der Waals surface area (Å²) < 4.78 is 5.14. The lowest BCUT2D eigenvalue weighted by atomic mass is 9.89. The van der Waals surface area contributed by atoms with Crippen molar-refractivity contribution in [3.63, 3.8) is 0 Å². The maximum Gasteiger partial charge on any atom is 0.317 e. The zero-order chi connectivity index (χ0) is 16.1. The highest BCUT2D eigenvalue weighted by Gasteiger charge is 2.26. The van der Waals surface area contributed by atoms with Crippen molar-refractivity contribution < 1.29 is 14.0 Å². The molecule has 3 rings (SSSR count). The van der Waals surface area contributed by atoms with Gasteiger partial charge < -0.3 is 19.5 Å². The Morgan fingerprint density at radius 2 is 1.78 bits per heavy atom. The molecular weight excluding hydrogens is 294 g/mol. The molecule has 1 saturated heterocycles. The van der Waals surface area contributed by atoms with Gasteiger partial charge in [0, 0.05) is 32.7 Å². The van der Waals surface area contributed by atoms with E-state index in [-0.39, 0.29) is 11.9 Å². The summed E-state index contributed by atoms with van der Waals surface area (Å²) in [4.78, 5) is 28.0. The van der Waals surface area contributed by atoms with E-state index in [0.717, 1.165) is 6.54 Å². The molecule has 126 valence electrons. The second-order valence-corrected chi connectivity index (χ2v) is 6.45. The minimum absolute atomic E-state index is 0.000621. The zero-order valence-electron chi connectivity index (χ0n) is 13.5. The van der Waals surface area contributed by atoms with Crippen molar-refractivity contribution in [3.05, 3.63) is 24.2 Å². The lowest BCUT2D eigenvalue weighted by Crippen LogP contribution is -2.53. The van der Waals surface area contributed by atoms with E-state index in [1.165, 1.54) is 38.4 Å². The third-order valence-electron chi connectivity index (χ3n) is 4.85. The van der Waals surface area contributed by atoms with Gasteiger partial charge in [-0.25, -0.2) is 4.79 Å². The quantitative estimate of drug-likeness (QED) is 0.930. The molecule has 2 fully saturated rings. The molecule has 6 heteroatoms. The first-order valence-corrected chi connectivity index (χ1v) is 8.59. The van der Waals surface area contributed by atoms with Gasteiger partial charge >= 0.3 is 6.03 Å². The number of hydrogen-bond donors (Lipinski definition) is 1. The molecule has 1 saturated carbocycles. The summed E-state index contributed by atoms with van der Waals surface area (Å²) in [7, 11) is 0. The molecule has 1 aliphatic carbocycles.